The molecule has 0 saturated carbocycles. The zero-order valence-corrected chi connectivity index (χ0v) is 14.6. The molecular formula is C18H26O6. The predicted molar refractivity (Wildman–Crippen MR) is 86.6 cm³/mol. The van der Waals surface area contributed by atoms with Crippen LogP contribution in [-0.2, 0) is 25.6 Å². The Hall–Kier alpha value is -1.18. The van der Waals surface area contributed by atoms with Crippen molar-refractivity contribution in [3.05, 3.63) is 29.8 Å². The smallest absolute Gasteiger partial charge is 0.190 e. The van der Waals surface area contributed by atoms with Crippen LogP contribution >= 0.6 is 0 Å². The van der Waals surface area contributed by atoms with Gasteiger partial charge in [-0.2, -0.15) is 0 Å². The van der Waals surface area contributed by atoms with Gasteiger partial charge in [-0.25, -0.2) is 0 Å². The molecule has 2 heterocycles. The first kappa shape index (κ1) is 17.6. The summed E-state index contributed by atoms with van der Waals surface area (Å²) < 4.78 is 28.8. The normalized spacial score (nSPS) is 32.5. The number of aliphatic hydroxyl groups excluding tert-OH is 1. The lowest BCUT2D eigenvalue weighted by Crippen LogP contribution is -2.42. The fourth-order valence-electron chi connectivity index (χ4n) is 3.15. The number of hydrogen-bond acceptors (Lipinski definition) is 6. The molecule has 0 amide bonds. The molecule has 2 aliphatic heterocycles. The Balaban J connectivity index is 1.69. The van der Waals surface area contributed by atoms with Crippen molar-refractivity contribution >= 4 is 0 Å². The minimum absolute atomic E-state index is 0.343. The molecule has 134 valence electrons. The first-order valence-electron chi connectivity index (χ1n) is 8.37. The van der Waals surface area contributed by atoms with E-state index in [4.69, 9.17) is 23.7 Å². The van der Waals surface area contributed by atoms with Crippen LogP contribution in [0, 0.1) is 0 Å². The van der Waals surface area contributed by atoms with Crippen molar-refractivity contribution in [2.24, 2.45) is 0 Å². The molecule has 1 aromatic rings. The SMILES string of the molecule is CC[C@@H](O)[C@H]1O[C@@H]2OC(C)(C)OC2[C@H]1OCc1ccc(OC)cc1. The summed E-state index contributed by atoms with van der Waals surface area (Å²) >= 11 is 0. The van der Waals surface area contributed by atoms with Gasteiger partial charge in [0.1, 0.15) is 24.1 Å². The third-order valence-electron chi connectivity index (χ3n) is 4.43. The van der Waals surface area contributed by atoms with Gasteiger partial charge in [0.15, 0.2) is 12.1 Å². The molecule has 1 aromatic carbocycles. The molecule has 1 N–H and O–H groups in total. The van der Waals surface area contributed by atoms with E-state index < -0.39 is 24.3 Å². The van der Waals surface area contributed by atoms with E-state index in [1.54, 1.807) is 7.11 Å². The van der Waals surface area contributed by atoms with Crippen molar-refractivity contribution in [1.82, 2.24) is 0 Å². The maximum atomic E-state index is 10.2. The van der Waals surface area contributed by atoms with Crippen LogP contribution in [0.15, 0.2) is 24.3 Å². The minimum Gasteiger partial charge on any atom is -0.497 e. The molecule has 3 rings (SSSR count). The standard InChI is InChI=1S/C18H26O6/c1-5-13(19)14-15(16-17(22-14)24-18(2,3)23-16)21-10-11-6-8-12(20-4)9-7-11/h6-9,13-17,19H,5,10H2,1-4H3/t13-,14-,15+,16?,17-/m1/s1. The van der Waals surface area contributed by atoms with Gasteiger partial charge in [0.05, 0.1) is 19.8 Å². The van der Waals surface area contributed by atoms with Crippen molar-refractivity contribution in [3.8, 4) is 5.75 Å². The van der Waals surface area contributed by atoms with Gasteiger partial charge in [-0.1, -0.05) is 19.1 Å². The van der Waals surface area contributed by atoms with Crippen LogP contribution in [0.3, 0.4) is 0 Å². The molecule has 0 spiro atoms. The first-order chi connectivity index (χ1) is 11.4. The number of hydrogen-bond donors (Lipinski definition) is 1. The van der Waals surface area contributed by atoms with Crippen LogP contribution in [0.2, 0.25) is 0 Å². The molecule has 5 atom stereocenters. The first-order valence-corrected chi connectivity index (χ1v) is 8.37. The van der Waals surface area contributed by atoms with Crippen molar-refractivity contribution in [2.75, 3.05) is 7.11 Å². The number of ether oxygens (including phenoxy) is 5. The Bertz CT molecular complexity index is 543. The van der Waals surface area contributed by atoms with Crippen molar-refractivity contribution < 1.29 is 28.8 Å². The lowest BCUT2D eigenvalue weighted by atomic mass is 10.0. The van der Waals surface area contributed by atoms with Gasteiger partial charge in [-0.15, -0.1) is 0 Å². The molecule has 0 aliphatic carbocycles. The average Bonchev–Trinajstić information content (AvgIpc) is 3.04. The highest BCUT2D eigenvalue weighted by molar-refractivity contribution is 5.26. The van der Waals surface area contributed by atoms with Gasteiger partial charge in [-0.05, 0) is 38.0 Å². The maximum Gasteiger partial charge on any atom is 0.190 e. The maximum absolute atomic E-state index is 10.2. The van der Waals surface area contributed by atoms with Crippen molar-refractivity contribution in [3.63, 3.8) is 0 Å². The molecule has 0 bridgehead atoms. The van der Waals surface area contributed by atoms with Gasteiger partial charge in [-0.3, -0.25) is 0 Å². The van der Waals surface area contributed by atoms with E-state index >= 15 is 0 Å². The molecule has 24 heavy (non-hydrogen) atoms. The van der Waals surface area contributed by atoms with Gasteiger partial charge < -0.3 is 28.8 Å². The summed E-state index contributed by atoms with van der Waals surface area (Å²) in [7, 11) is 1.64. The summed E-state index contributed by atoms with van der Waals surface area (Å²) in [5, 5.41) is 10.2. The highest BCUT2D eigenvalue weighted by Crippen LogP contribution is 2.40. The average molecular weight is 338 g/mol. The molecule has 2 fully saturated rings. The fourth-order valence-corrected chi connectivity index (χ4v) is 3.15. The minimum atomic E-state index is -0.709. The Labute approximate surface area is 142 Å². The van der Waals surface area contributed by atoms with Crippen LogP contribution in [-0.4, -0.2) is 48.7 Å². The number of aliphatic hydroxyl groups is 1. The number of fused-ring (bicyclic) bond motifs is 1. The lowest BCUT2D eigenvalue weighted by Gasteiger charge is -2.28. The van der Waals surface area contributed by atoms with E-state index in [9.17, 15) is 5.11 Å². The summed E-state index contributed by atoms with van der Waals surface area (Å²) in [4.78, 5) is 0. The Morgan fingerprint density at radius 3 is 2.54 bits per heavy atom. The molecule has 6 nitrogen and oxygen atoms in total. The second-order valence-corrected chi connectivity index (χ2v) is 6.67. The van der Waals surface area contributed by atoms with Gasteiger partial charge in [0.25, 0.3) is 0 Å². The van der Waals surface area contributed by atoms with Crippen LogP contribution < -0.4 is 4.74 Å². The van der Waals surface area contributed by atoms with E-state index in [-0.39, 0.29) is 12.2 Å². The molecule has 0 radical (unpaired) electrons. The number of rotatable bonds is 6. The Kier molecular flexibility index (Phi) is 5.13. The third-order valence-corrected chi connectivity index (χ3v) is 4.43. The van der Waals surface area contributed by atoms with Crippen LogP contribution in [0.5, 0.6) is 5.75 Å². The van der Waals surface area contributed by atoms with E-state index in [0.717, 1.165) is 11.3 Å². The molecule has 0 aromatic heterocycles. The summed E-state index contributed by atoms with van der Waals surface area (Å²) in [6.07, 6.45) is -1.73. The number of methoxy groups -OCH3 is 1. The van der Waals surface area contributed by atoms with E-state index in [1.165, 1.54) is 0 Å². The third kappa shape index (κ3) is 3.58. The molecule has 2 aliphatic rings. The predicted octanol–water partition coefficient (Wildman–Crippen LogP) is 2.23. The zero-order valence-electron chi connectivity index (χ0n) is 14.6. The number of benzene rings is 1. The topological polar surface area (TPSA) is 66.4 Å². The summed E-state index contributed by atoms with van der Waals surface area (Å²) in [6.45, 7) is 6.01. The monoisotopic (exact) mass is 338 g/mol. The quantitative estimate of drug-likeness (QED) is 0.858. The van der Waals surface area contributed by atoms with Gasteiger partial charge >= 0.3 is 0 Å². The van der Waals surface area contributed by atoms with Crippen LogP contribution in [0.25, 0.3) is 0 Å². The van der Waals surface area contributed by atoms with E-state index in [2.05, 4.69) is 0 Å². The summed E-state index contributed by atoms with van der Waals surface area (Å²) in [5.41, 5.74) is 1.02. The Morgan fingerprint density at radius 1 is 1.21 bits per heavy atom. The molecule has 6 heteroatoms. The molecule has 1 unspecified atom stereocenters. The van der Waals surface area contributed by atoms with Crippen LogP contribution in [0.4, 0.5) is 0 Å². The molecular weight excluding hydrogens is 312 g/mol. The zero-order chi connectivity index (χ0) is 17.3. The van der Waals surface area contributed by atoms with Crippen LogP contribution in [0.1, 0.15) is 32.8 Å². The largest absolute Gasteiger partial charge is 0.497 e. The van der Waals surface area contributed by atoms with Gasteiger partial charge in [0.2, 0.25) is 0 Å². The van der Waals surface area contributed by atoms with Crippen molar-refractivity contribution in [2.45, 2.75) is 70.3 Å². The summed E-state index contributed by atoms with van der Waals surface area (Å²) in [6, 6.07) is 7.69. The lowest BCUT2D eigenvalue weighted by molar-refractivity contribution is -0.230. The highest BCUT2D eigenvalue weighted by Gasteiger charge is 2.56. The highest BCUT2D eigenvalue weighted by atomic mass is 16.8. The van der Waals surface area contributed by atoms with E-state index in [0.29, 0.717) is 13.0 Å². The Morgan fingerprint density at radius 2 is 1.92 bits per heavy atom. The second kappa shape index (κ2) is 6.98. The molecule has 2 saturated heterocycles. The van der Waals surface area contributed by atoms with Crippen molar-refractivity contribution in [1.29, 1.82) is 0 Å². The fraction of sp³-hybridized carbons (Fsp3) is 0.667. The summed E-state index contributed by atoms with van der Waals surface area (Å²) in [5.74, 6) is 0.0932. The van der Waals surface area contributed by atoms with E-state index in [1.807, 2.05) is 45.0 Å². The second-order valence-electron chi connectivity index (χ2n) is 6.67. The van der Waals surface area contributed by atoms with Gasteiger partial charge in [0, 0.05) is 0 Å².